The molecule has 0 fully saturated rings. The predicted octanol–water partition coefficient (Wildman–Crippen LogP) is -0.115. The Labute approximate surface area is 95.3 Å². The highest BCUT2D eigenvalue weighted by molar-refractivity contribution is 5.91. The first kappa shape index (κ1) is 16.5. The zero-order valence-corrected chi connectivity index (χ0v) is 9.24. The zero-order valence-electron chi connectivity index (χ0n) is 9.24. The van der Waals surface area contributed by atoms with Crippen molar-refractivity contribution in [1.82, 2.24) is 5.32 Å². The van der Waals surface area contributed by atoms with E-state index in [0.717, 1.165) is 6.08 Å². The minimum absolute atomic E-state index is 0.0282. The Morgan fingerprint density at radius 3 is 2.19 bits per heavy atom. The van der Waals surface area contributed by atoms with Gasteiger partial charge in [0.2, 0.25) is 11.8 Å². The SMILES string of the molecule is C=CC(=O)NCCO.C=CCC(=C)C(N)=O. The average Bonchev–Trinajstić information content (AvgIpc) is 2.27. The maximum atomic E-state index is 10.2. The zero-order chi connectivity index (χ0) is 13.0. The molecule has 0 saturated heterocycles. The highest BCUT2D eigenvalue weighted by atomic mass is 16.3. The Kier molecular flexibility index (Phi) is 11.6. The predicted molar refractivity (Wildman–Crippen MR) is 63.4 cm³/mol. The molecule has 0 aliphatic heterocycles. The minimum atomic E-state index is -0.454. The third kappa shape index (κ3) is 12.1. The van der Waals surface area contributed by atoms with E-state index in [0.29, 0.717) is 18.5 Å². The number of carbonyl (C=O) groups excluding carboxylic acids is 2. The molecule has 5 nitrogen and oxygen atoms in total. The van der Waals surface area contributed by atoms with Crippen molar-refractivity contribution in [3.05, 3.63) is 37.5 Å². The normalized spacial score (nSPS) is 8.06. The van der Waals surface area contributed by atoms with E-state index in [1.165, 1.54) is 0 Å². The lowest BCUT2D eigenvalue weighted by atomic mass is 10.2. The van der Waals surface area contributed by atoms with Gasteiger partial charge in [-0.25, -0.2) is 0 Å². The monoisotopic (exact) mass is 226 g/mol. The highest BCUT2D eigenvalue weighted by Gasteiger charge is 1.95. The van der Waals surface area contributed by atoms with E-state index in [1.807, 2.05) is 0 Å². The molecule has 0 spiro atoms. The van der Waals surface area contributed by atoms with Crippen molar-refractivity contribution in [2.45, 2.75) is 6.42 Å². The summed E-state index contributed by atoms with van der Waals surface area (Å²) in [6.45, 7) is 10.3. The maximum absolute atomic E-state index is 10.2. The second kappa shape index (κ2) is 11.2. The average molecular weight is 226 g/mol. The van der Waals surface area contributed by atoms with E-state index in [4.69, 9.17) is 10.8 Å². The van der Waals surface area contributed by atoms with E-state index in [2.05, 4.69) is 25.1 Å². The minimum Gasteiger partial charge on any atom is -0.395 e. The van der Waals surface area contributed by atoms with Crippen molar-refractivity contribution in [1.29, 1.82) is 0 Å². The third-order valence-electron chi connectivity index (χ3n) is 1.34. The summed E-state index contributed by atoms with van der Waals surface area (Å²) < 4.78 is 0. The summed E-state index contributed by atoms with van der Waals surface area (Å²) in [6, 6.07) is 0. The quantitative estimate of drug-likeness (QED) is 0.435. The Hall–Kier alpha value is -1.88. The Bertz CT molecular complexity index is 272. The standard InChI is InChI=1S/C6H9NO.C5H9NO2/c1-3-4-5(2)6(7)8;1-2-5(8)6-3-4-7/h3H,1-2,4H2,(H2,7,8);2,7H,1,3-4H2,(H,6,8). The van der Waals surface area contributed by atoms with E-state index in [9.17, 15) is 9.59 Å². The van der Waals surface area contributed by atoms with Crippen LogP contribution in [0.15, 0.2) is 37.5 Å². The molecule has 0 atom stereocenters. The second-order valence-electron chi connectivity index (χ2n) is 2.68. The lowest BCUT2D eigenvalue weighted by Crippen LogP contribution is -2.23. The van der Waals surface area contributed by atoms with Crippen molar-refractivity contribution >= 4 is 11.8 Å². The van der Waals surface area contributed by atoms with Crippen LogP contribution in [0, 0.1) is 0 Å². The van der Waals surface area contributed by atoms with Gasteiger partial charge >= 0.3 is 0 Å². The van der Waals surface area contributed by atoms with Crippen molar-refractivity contribution in [3.63, 3.8) is 0 Å². The molecule has 2 amide bonds. The molecule has 0 aromatic heterocycles. The molecule has 90 valence electrons. The molecule has 0 aromatic rings. The van der Waals surface area contributed by atoms with E-state index >= 15 is 0 Å². The van der Waals surface area contributed by atoms with Gasteiger partial charge in [0.15, 0.2) is 0 Å². The first-order valence-electron chi connectivity index (χ1n) is 4.59. The van der Waals surface area contributed by atoms with Crippen LogP contribution in [0.4, 0.5) is 0 Å². The molecule has 0 radical (unpaired) electrons. The van der Waals surface area contributed by atoms with Crippen molar-refractivity contribution < 1.29 is 14.7 Å². The van der Waals surface area contributed by atoms with Gasteiger partial charge in [0, 0.05) is 12.1 Å². The summed E-state index contributed by atoms with van der Waals surface area (Å²) >= 11 is 0. The van der Waals surface area contributed by atoms with Gasteiger partial charge in [-0.05, 0) is 12.5 Å². The topological polar surface area (TPSA) is 92.4 Å². The molecule has 0 aromatic carbocycles. The number of rotatable bonds is 6. The number of aliphatic hydroxyl groups is 1. The van der Waals surface area contributed by atoms with Crippen molar-refractivity contribution in [2.24, 2.45) is 5.73 Å². The molecular formula is C11H18N2O3. The number of aliphatic hydroxyl groups excluding tert-OH is 1. The number of allylic oxidation sites excluding steroid dienone is 1. The fraction of sp³-hybridized carbons (Fsp3) is 0.273. The van der Waals surface area contributed by atoms with Gasteiger partial charge < -0.3 is 16.2 Å². The van der Waals surface area contributed by atoms with Crippen LogP contribution < -0.4 is 11.1 Å². The van der Waals surface area contributed by atoms with Crippen LogP contribution in [0.2, 0.25) is 0 Å². The second-order valence-corrected chi connectivity index (χ2v) is 2.68. The largest absolute Gasteiger partial charge is 0.395 e. The lowest BCUT2D eigenvalue weighted by Gasteiger charge is -1.94. The molecule has 0 aliphatic rings. The van der Waals surface area contributed by atoms with Crippen LogP contribution in [0.5, 0.6) is 0 Å². The molecule has 5 heteroatoms. The van der Waals surface area contributed by atoms with Gasteiger partial charge in [-0.3, -0.25) is 9.59 Å². The van der Waals surface area contributed by atoms with Crippen LogP contribution in [0.25, 0.3) is 0 Å². The summed E-state index contributed by atoms with van der Waals surface area (Å²) in [5.74, 6) is -0.705. The first-order valence-corrected chi connectivity index (χ1v) is 4.59. The Balaban J connectivity index is 0. The maximum Gasteiger partial charge on any atom is 0.244 e. The van der Waals surface area contributed by atoms with Crippen LogP contribution in [0.1, 0.15) is 6.42 Å². The Morgan fingerprint density at radius 1 is 1.38 bits per heavy atom. The van der Waals surface area contributed by atoms with Gasteiger partial charge in [0.05, 0.1) is 6.61 Å². The first-order chi connectivity index (χ1) is 7.49. The van der Waals surface area contributed by atoms with Gasteiger partial charge in [-0.1, -0.05) is 19.2 Å². The number of carbonyl (C=O) groups is 2. The molecule has 16 heavy (non-hydrogen) atoms. The number of hydrogen-bond acceptors (Lipinski definition) is 3. The molecule has 0 unspecified atom stereocenters. The Morgan fingerprint density at radius 2 is 1.94 bits per heavy atom. The van der Waals surface area contributed by atoms with E-state index in [-0.39, 0.29) is 12.5 Å². The molecule has 0 rings (SSSR count). The summed E-state index contributed by atoms with van der Waals surface area (Å²) in [4.78, 5) is 20.4. The molecular weight excluding hydrogens is 208 g/mol. The smallest absolute Gasteiger partial charge is 0.244 e. The van der Waals surface area contributed by atoms with Crippen molar-refractivity contribution in [2.75, 3.05) is 13.2 Å². The van der Waals surface area contributed by atoms with Gasteiger partial charge in [0.25, 0.3) is 0 Å². The molecule has 0 saturated carbocycles. The van der Waals surface area contributed by atoms with Crippen molar-refractivity contribution in [3.8, 4) is 0 Å². The molecule has 0 heterocycles. The van der Waals surface area contributed by atoms with Crippen LogP contribution in [-0.4, -0.2) is 30.1 Å². The van der Waals surface area contributed by atoms with E-state index in [1.54, 1.807) is 6.08 Å². The van der Waals surface area contributed by atoms with E-state index < -0.39 is 5.91 Å². The molecule has 0 bridgehead atoms. The number of hydrogen-bond donors (Lipinski definition) is 3. The summed E-state index contributed by atoms with van der Waals surface area (Å²) in [7, 11) is 0. The number of nitrogens with two attached hydrogens (primary N) is 1. The van der Waals surface area contributed by atoms with Gasteiger partial charge in [0.1, 0.15) is 0 Å². The number of amides is 2. The number of primary amides is 1. The fourth-order valence-corrected chi connectivity index (χ4v) is 0.526. The summed E-state index contributed by atoms with van der Waals surface area (Å²) in [5.41, 5.74) is 5.24. The van der Waals surface area contributed by atoms with Crippen LogP contribution >= 0.6 is 0 Å². The summed E-state index contributed by atoms with van der Waals surface area (Å²) in [6.07, 6.45) is 3.23. The lowest BCUT2D eigenvalue weighted by molar-refractivity contribution is -0.116. The molecule has 4 N–H and O–H groups in total. The van der Waals surface area contributed by atoms with Gasteiger partial charge in [-0.15, -0.1) is 6.58 Å². The van der Waals surface area contributed by atoms with Crippen LogP contribution in [-0.2, 0) is 9.59 Å². The number of nitrogens with one attached hydrogen (secondary N) is 1. The summed E-state index contributed by atoms with van der Waals surface area (Å²) in [5, 5.41) is 10.5. The van der Waals surface area contributed by atoms with Gasteiger partial charge in [-0.2, -0.15) is 0 Å². The highest BCUT2D eigenvalue weighted by Crippen LogP contribution is 1.94. The fourth-order valence-electron chi connectivity index (χ4n) is 0.526. The third-order valence-corrected chi connectivity index (χ3v) is 1.34. The molecule has 0 aliphatic carbocycles. The van der Waals surface area contributed by atoms with Crippen LogP contribution in [0.3, 0.4) is 0 Å².